The van der Waals surface area contributed by atoms with Gasteiger partial charge in [-0.2, -0.15) is 0 Å². The Morgan fingerprint density at radius 3 is 2.83 bits per heavy atom. The van der Waals surface area contributed by atoms with Gasteiger partial charge in [-0.25, -0.2) is 0 Å². The van der Waals surface area contributed by atoms with Crippen LogP contribution in [0.4, 0.5) is 0 Å². The molecule has 0 radical (unpaired) electrons. The summed E-state index contributed by atoms with van der Waals surface area (Å²) < 4.78 is 10.1. The summed E-state index contributed by atoms with van der Waals surface area (Å²) in [6.45, 7) is 0.0918. The molecule has 1 fully saturated rings. The third-order valence-corrected chi connectivity index (χ3v) is 2.10. The van der Waals surface area contributed by atoms with Crippen LogP contribution in [-0.2, 0) is 9.47 Å². The highest BCUT2D eigenvalue weighted by atomic mass is 16.6. The molecule has 4 N–H and O–H groups in total. The molecule has 0 bridgehead atoms. The van der Waals surface area contributed by atoms with Gasteiger partial charge in [0.05, 0.1) is 19.3 Å². The molecule has 0 aliphatic carbocycles. The summed E-state index contributed by atoms with van der Waals surface area (Å²) in [6, 6.07) is -0.433. The fourth-order valence-electron chi connectivity index (χ4n) is 1.34. The molecular formula is C7H15NO4. The first-order chi connectivity index (χ1) is 5.70. The zero-order valence-corrected chi connectivity index (χ0v) is 7.01. The number of hydrogen-bond acceptors (Lipinski definition) is 5. The van der Waals surface area contributed by atoms with Crippen molar-refractivity contribution >= 4 is 0 Å². The standard InChI is InChI=1S/C7H15NO4/c1-11-7-5(2-9)12-3-4(8)6(7)10/h4-7,9-10H,2-3,8H2,1H3. The van der Waals surface area contributed by atoms with Gasteiger partial charge in [-0.15, -0.1) is 0 Å². The minimum Gasteiger partial charge on any atom is -0.394 e. The molecule has 5 heteroatoms. The molecule has 0 aromatic carbocycles. The average Bonchev–Trinajstić information content (AvgIpc) is 2.09. The lowest BCUT2D eigenvalue weighted by Gasteiger charge is -2.37. The van der Waals surface area contributed by atoms with Crippen molar-refractivity contribution in [1.82, 2.24) is 0 Å². The number of nitrogens with two attached hydrogens (primary N) is 1. The quantitative estimate of drug-likeness (QED) is 0.458. The van der Waals surface area contributed by atoms with Crippen molar-refractivity contribution in [3.63, 3.8) is 0 Å². The van der Waals surface area contributed by atoms with E-state index in [2.05, 4.69) is 0 Å². The summed E-state index contributed by atoms with van der Waals surface area (Å²) in [5, 5.41) is 18.3. The normalized spacial score (nSPS) is 43.0. The number of aliphatic hydroxyl groups is 2. The minimum absolute atomic E-state index is 0.164. The topological polar surface area (TPSA) is 84.9 Å². The van der Waals surface area contributed by atoms with E-state index in [1.54, 1.807) is 0 Å². The second kappa shape index (κ2) is 4.15. The number of aliphatic hydroxyl groups excluding tert-OH is 2. The first-order valence-corrected chi connectivity index (χ1v) is 3.89. The molecular weight excluding hydrogens is 162 g/mol. The SMILES string of the molecule is COC1C(CO)OCC(N)C1O. The lowest BCUT2D eigenvalue weighted by atomic mass is 9.99. The van der Waals surface area contributed by atoms with Gasteiger partial charge in [0.15, 0.2) is 0 Å². The van der Waals surface area contributed by atoms with Crippen LogP contribution in [0.3, 0.4) is 0 Å². The molecule has 5 nitrogen and oxygen atoms in total. The molecule has 0 spiro atoms. The first kappa shape index (κ1) is 9.88. The van der Waals surface area contributed by atoms with E-state index in [-0.39, 0.29) is 13.2 Å². The van der Waals surface area contributed by atoms with Crippen LogP contribution < -0.4 is 5.73 Å². The highest BCUT2D eigenvalue weighted by Crippen LogP contribution is 2.16. The summed E-state index contributed by atoms with van der Waals surface area (Å²) in [4.78, 5) is 0. The fraction of sp³-hybridized carbons (Fsp3) is 1.00. The molecule has 4 unspecified atom stereocenters. The molecule has 1 saturated heterocycles. The Morgan fingerprint density at radius 2 is 2.33 bits per heavy atom. The van der Waals surface area contributed by atoms with E-state index in [9.17, 15) is 5.11 Å². The van der Waals surface area contributed by atoms with Gasteiger partial charge < -0.3 is 25.4 Å². The molecule has 0 aromatic heterocycles. The number of rotatable bonds is 2. The lowest BCUT2D eigenvalue weighted by molar-refractivity contribution is -0.167. The molecule has 0 aromatic rings. The number of ether oxygens (including phenoxy) is 2. The largest absolute Gasteiger partial charge is 0.394 e. The van der Waals surface area contributed by atoms with E-state index in [4.69, 9.17) is 20.3 Å². The van der Waals surface area contributed by atoms with Gasteiger partial charge in [0.1, 0.15) is 18.3 Å². The molecule has 12 heavy (non-hydrogen) atoms. The van der Waals surface area contributed by atoms with Gasteiger partial charge >= 0.3 is 0 Å². The van der Waals surface area contributed by atoms with Crippen LogP contribution in [0.25, 0.3) is 0 Å². The monoisotopic (exact) mass is 177 g/mol. The van der Waals surface area contributed by atoms with E-state index in [0.29, 0.717) is 0 Å². The Kier molecular flexibility index (Phi) is 3.42. The summed E-state index contributed by atoms with van der Waals surface area (Å²) in [7, 11) is 1.46. The van der Waals surface area contributed by atoms with Crippen LogP contribution in [0.1, 0.15) is 0 Å². The molecule has 72 valence electrons. The highest BCUT2D eigenvalue weighted by Gasteiger charge is 2.37. The van der Waals surface area contributed by atoms with Gasteiger partial charge in [0.2, 0.25) is 0 Å². The van der Waals surface area contributed by atoms with Crippen LogP contribution in [0.2, 0.25) is 0 Å². The van der Waals surface area contributed by atoms with Crippen molar-refractivity contribution < 1.29 is 19.7 Å². The van der Waals surface area contributed by atoms with Crippen LogP contribution >= 0.6 is 0 Å². The second-order valence-corrected chi connectivity index (χ2v) is 2.91. The van der Waals surface area contributed by atoms with Crippen molar-refractivity contribution in [3.05, 3.63) is 0 Å². The summed E-state index contributed by atoms with van der Waals surface area (Å²) in [6.07, 6.45) is -1.76. The predicted octanol–water partition coefficient (Wildman–Crippen LogP) is -1.92. The van der Waals surface area contributed by atoms with Crippen LogP contribution in [0.15, 0.2) is 0 Å². The Labute approximate surface area is 71.1 Å². The van der Waals surface area contributed by atoms with E-state index >= 15 is 0 Å². The van der Waals surface area contributed by atoms with Crippen molar-refractivity contribution in [1.29, 1.82) is 0 Å². The summed E-state index contributed by atoms with van der Waals surface area (Å²) >= 11 is 0. The zero-order chi connectivity index (χ0) is 9.14. The van der Waals surface area contributed by atoms with Crippen molar-refractivity contribution in [3.8, 4) is 0 Å². The summed E-state index contributed by atoms with van der Waals surface area (Å²) in [5.74, 6) is 0. The van der Waals surface area contributed by atoms with Gasteiger partial charge in [0.25, 0.3) is 0 Å². The Morgan fingerprint density at radius 1 is 1.67 bits per heavy atom. The number of hydrogen-bond donors (Lipinski definition) is 3. The Hall–Kier alpha value is -0.200. The van der Waals surface area contributed by atoms with E-state index in [1.807, 2.05) is 0 Å². The molecule has 0 saturated carbocycles. The third-order valence-electron chi connectivity index (χ3n) is 2.10. The van der Waals surface area contributed by atoms with E-state index in [1.165, 1.54) is 7.11 Å². The Balaban J connectivity index is 2.58. The second-order valence-electron chi connectivity index (χ2n) is 2.91. The Bertz CT molecular complexity index is 141. The molecule has 1 heterocycles. The minimum atomic E-state index is -0.763. The maximum Gasteiger partial charge on any atom is 0.113 e. The molecule has 1 aliphatic rings. The van der Waals surface area contributed by atoms with Crippen LogP contribution in [0, 0.1) is 0 Å². The highest BCUT2D eigenvalue weighted by molar-refractivity contribution is 4.89. The maximum absolute atomic E-state index is 9.50. The van der Waals surface area contributed by atoms with Crippen molar-refractivity contribution in [2.75, 3.05) is 20.3 Å². The fourth-order valence-corrected chi connectivity index (χ4v) is 1.34. The molecule has 1 rings (SSSR count). The average molecular weight is 177 g/mol. The van der Waals surface area contributed by atoms with E-state index < -0.39 is 24.4 Å². The van der Waals surface area contributed by atoms with Gasteiger partial charge in [-0.05, 0) is 0 Å². The van der Waals surface area contributed by atoms with Gasteiger partial charge in [-0.1, -0.05) is 0 Å². The molecule has 0 amide bonds. The molecule has 4 atom stereocenters. The number of methoxy groups -OCH3 is 1. The zero-order valence-electron chi connectivity index (χ0n) is 7.01. The van der Waals surface area contributed by atoms with Crippen LogP contribution in [0.5, 0.6) is 0 Å². The van der Waals surface area contributed by atoms with Crippen molar-refractivity contribution in [2.45, 2.75) is 24.4 Å². The van der Waals surface area contributed by atoms with Gasteiger partial charge in [-0.3, -0.25) is 0 Å². The van der Waals surface area contributed by atoms with Crippen LogP contribution in [-0.4, -0.2) is 54.9 Å². The lowest BCUT2D eigenvalue weighted by Crippen LogP contribution is -2.58. The third kappa shape index (κ3) is 1.75. The smallest absolute Gasteiger partial charge is 0.113 e. The molecule has 1 aliphatic heterocycles. The predicted molar refractivity (Wildman–Crippen MR) is 41.6 cm³/mol. The maximum atomic E-state index is 9.50. The van der Waals surface area contributed by atoms with E-state index in [0.717, 1.165) is 0 Å². The van der Waals surface area contributed by atoms with Crippen molar-refractivity contribution in [2.24, 2.45) is 5.73 Å². The first-order valence-electron chi connectivity index (χ1n) is 3.89. The van der Waals surface area contributed by atoms with Gasteiger partial charge in [0, 0.05) is 7.11 Å². The summed E-state index contributed by atoms with van der Waals surface area (Å²) in [5.41, 5.74) is 5.52.